The second kappa shape index (κ2) is 8.19. The van der Waals surface area contributed by atoms with Gasteiger partial charge in [0, 0.05) is 12.7 Å². The largest absolute Gasteiger partial charge is 0.417 e. The lowest BCUT2D eigenvalue weighted by molar-refractivity contribution is -0.137. The molecule has 0 aliphatic rings. The van der Waals surface area contributed by atoms with Gasteiger partial charge in [-0.3, -0.25) is 4.79 Å². The van der Waals surface area contributed by atoms with Crippen molar-refractivity contribution in [1.29, 1.82) is 0 Å². The molecule has 3 aromatic rings. The zero-order valence-electron chi connectivity index (χ0n) is 14.3. The number of anilines is 1. The van der Waals surface area contributed by atoms with Gasteiger partial charge in [-0.05, 0) is 34.2 Å². The molecule has 0 saturated heterocycles. The first kappa shape index (κ1) is 20.2. The lowest BCUT2D eigenvalue weighted by atomic mass is 10.1. The quantitative estimate of drug-likeness (QED) is 0.613. The average molecular weight is 428 g/mol. The molecule has 1 aromatic heterocycles. The van der Waals surface area contributed by atoms with Crippen LogP contribution in [-0.4, -0.2) is 26.1 Å². The summed E-state index contributed by atoms with van der Waals surface area (Å²) in [5.41, 5.74) is -0.384. The molecule has 1 atom stereocenters. The van der Waals surface area contributed by atoms with E-state index in [0.717, 1.165) is 23.9 Å². The molecule has 0 unspecified atom stereocenters. The first-order valence-electron chi connectivity index (χ1n) is 7.87. The number of hydrogen-bond donors (Lipinski definition) is 1. The van der Waals surface area contributed by atoms with E-state index in [4.69, 9.17) is 11.6 Å². The van der Waals surface area contributed by atoms with Crippen molar-refractivity contribution in [2.24, 2.45) is 7.05 Å². The van der Waals surface area contributed by atoms with Gasteiger partial charge in [0.15, 0.2) is 0 Å². The predicted octanol–water partition coefficient (Wildman–Crippen LogP) is 4.35. The molecule has 28 heavy (non-hydrogen) atoms. The summed E-state index contributed by atoms with van der Waals surface area (Å²) in [6.07, 6.45) is -4.63. The number of thioether (sulfide) groups is 1. The monoisotopic (exact) mass is 427 g/mol. The third-order valence-corrected chi connectivity index (χ3v) is 5.29. The molecule has 11 heteroatoms. The van der Waals surface area contributed by atoms with Gasteiger partial charge in [-0.1, -0.05) is 53.7 Å². The molecule has 2 aromatic carbocycles. The number of tetrazole rings is 1. The highest BCUT2D eigenvalue weighted by molar-refractivity contribution is 8.00. The predicted molar refractivity (Wildman–Crippen MR) is 98.9 cm³/mol. The number of nitrogens with one attached hydrogen (secondary N) is 1. The minimum absolute atomic E-state index is 0.0145. The molecule has 0 radical (unpaired) electrons. The Morgan fingerprint density at radius 1 is 1.21 bits per heavy atom. The Labute approximate surface area is 167 Å². The van der Waals surface area contributed by atoms with Crippen LogP contribution in [0.1, 0.15) is 16.4 Å². The standard InChI is InChI=1S/C17H13ClF3N5OS/c1-26-16(23-24-25-26)28-14(10-5-3-2-4-6-10)15(27)22-11-7-8-13(18)12(9-11)17(19,20)21/h2-9,14H,1H3,(H,22,27)/t14-/m1/s1. The van der Waals surface area contributed by atoms with Crippen LogP contribution in [0.3, 0.4) is 0 Å². The fraction of sp³-hybridized carbons (Fsp3) is 0.176. The summed E-state index contributed by atoms with van der Waals surface area (Å²) in [6, 6.07) is 12.0. The van der Waals surface area contributed by atoms with E-state index < -0.39 is 27.9 Å². The zero-order valence-corrected chi connectivity index (χ0v) is 15.9. The Morgan fingerprint density at radius 2 is 1.93 bits per heavy atom. The number of amides is 1. The highest BCUT2D eigenvalue weighted by Gasteiger charge is 2.34. The van der Waals surface area contributed by atoms with Crippen LogP contribution in [0.4, 0.5) is 18.9 Å². The number of hydrogen-bond acceptors (Lipinski definition) is 5. The maximum Gasteiger partial charge on any atom is 0.417 e. The molecular formula is C17H13ClF3N5OS. The molecule has 146 valence electrons. The van der Waals surface area contributed by atoms with Crippen molar-refractivity contribution >= 4 is 35.0 Å². The molecule has 0 aliphatic heterocycles. The molecule has 1 amide bonds. The molecule has 1 N–H and O–H groups in total. The third kappa shape index (κ3) is 4.63. The molecule has 0 aliphatic carbocycles. The summed E-state index contributed by atoms with van der Waals surface area (Å²) < 4.78 is 40.6. The van der Waals surface area contributed by atoms with Crippen LogP contribution in [-0.2, 0) is 18.0 Å². The van der Waals surface area contributed by atoms with Gasteiger partial charge >= 0.3 is 6.18 Å². The first-order chi connectivity index (χ1) is 13.3. The summed E-state index contributed by atoms with van der Waals surface area (Å²) >= 11 is 6.71. The van der Waals surface area contributed by atoms with Gasteiger partial charge in [0.1, 0.15) is 5.25 Å². The Morgan fingerprint density at radius 3 is 2.54 bits per heavy atom. The Balaban J connectivity index is 1.89. The summed E-state index contributed by atoms with van der Waals surface area (Å²) in [5, 5.41) is 12.8. The van der Waals surface area contributed by atoms with Gasteiger partial charge < -0.3 is 5.32 Å². The highest BCUT2D eigenvalue weighted by Crippen LogP contribution is 2.38. The second-order valence-electron chi connectivity index (χ2n) is 5.68. The maximum atomic E-state index is 13.1. The number of carbonyl (C=O) groups is 1. The number of alkyl halides is 3. The number of rotatable bonds is 5. The minimum Gasteiger partial charge on any atom is -0.325 e. The second-order valence-corrected chi connectivity index (χ2v) is 7.15. The van der Waals surface area contributed by atoms with Crippen LogP contribution >= 0.6 is 23.4 Å². The minimum atomic E-state index is -4.63. The van der Waals surface area contributed by atoms with E-state index >= 15 is 0 Å². The SMILES string of the molecule is Cn1nnnc1S[C@@H](C(=O)Nc1ccc(Cl)c(C(F)(F)F)c1)c1ccccc1. The van der Waals surface area contributed by atoms with Crippen molar-refractivity contribution in [1.82, 2.24) is 20.2 Å². The number of halogens is 4. The molecule has 0 bridgehead atoms. The molecule has 6 nitrogen and oxygen atoms in total. The number of aryl methyl sites for hydroxylation is 1. The van der Waals surface area contributed by atoms with Crippen LogP contribution < -0.4 is 5.32 Å². The van der Waals surface area contributed by atoms with E-state index in [9.17, 15) is 18.0 Å². The van der Waals surface area contributed by atoms with Crippen molar-refractivity contribution in [3.05, 3.63) is 64.7 Å². The normalized spacial score (nSPS) is 12.6. The average Bonchev–Trinajstić information content (AvgIpc) is 3.05. The molecule has 3 rings (SSSR count). The summed E-state index contributed by atoms with van der Waals surface area (Å²) in [5.74, 6) is -0.519. The van der Waals surface area contributed by atoms with E-state index in [1.54, 1.807) is 37.4 Å². The zero-order chi connectivity index (χ0) is 20.3. The maximum absolute atomic E-state index is 13.1. The number of aromatic nitrogens is 4. The van der Waals surface area contributed by atoms with Gasteiger partial charge in [-0.15, -0.1) is 5.10 Å². The van der Waals surface area contributed by atoms with Crippen molar-refractivity contribution in [2.75, 3.05) is 5.32 Å². The van der Waals surface area contributed by atoms with E-state index in [1.165, 1.54) is 10.7 Å². The Bertz CT molecular complexity index is 980. The van der Waals surface area contributed by atoms with Crippen LogP contribution in [0.25, 0.3) is 0 Å². The van der Waals surface area contributed by atoms with Gasteiger partial charge in [0.25, 0.3) is 0 Å². The van der Waals surface area contributed by atoms with E-state index in [0.29, 0.717) is 10.7 Å². The topological polar surface area (TPSA) is 72.7 Å². The fourth-order valence-corrected chi connectivity index (χ4v) is 3.52. The summed E-state index contributed by atoms with van der Waals surface area (Å²) in [6.45, 7) is 0. The van der Waals surface area contributed by atoms with E-state index in [-0.39, 0.29) is 5.69 Å². The van der Waals surface area contributed by atoms with Gasteiger partial charge in [-0.25, -0.2) is 4.68 Å². The lowest BCUT2D eigenvalue weighted by Gasteiger charge is -2.17. The van der Waals surface area contributed by atoms with Crippen molar-refractivity contribution < 1.29 is 18.0 Å². The van der Waals surface area contributed by atoms with Gasteiger partial charge in [-0.2, -0.15) is 13.2 Å². The van der Waals surface area contributed by atoms with E-state index in [2.05, 4.69) is 20.8 Å². The van der Waals surface area contributed by atoms with Crippen molar-refractivity contribution in [3.8, 4) is 0 Å². The highest BCUT2D eigenvalue weighted by atomic mass is 35.5. The van der Waals surface area contributed by atoms with Gasteiger partial charge in [0.05, 0.1) is 10.6 Å². The Kier molecular flexibility index (Phi) is 5.90. The van der Waals surface area contributed by atoms with Crippen molar-refractivity contribution in [2.45, 2.75) is 16.6 Å². The lowest BCUT2D eigenvalue weighted by Crippen LogP contribution is -2.20. The third-order valence-electron chi connectivity index (χ3n) is 3.68. The first-order valence-corrected chi connectivity index (χ1v) is 9.13. The van der Waals surface area contributed by atoms with Crippen LogP contribution in [0, 0.1) is 0 Å². The van der Waals surface area contributed by atoms with Crippen LogP contribution in [0.15, 0.2) is 53.7 Å². The van der Waals surface area contributed by atoms with E-state index in [1.807, 2.05) is 0 Å². The number of carbonyl (C=O) groups excluding carboxylic acids is 1. The fourth-order valence-electron chi connectivity index (χ4n) is 2.36. The number of benzene rings is 2. The van der Waals surface area contributed by atoms with Crippen LogP contribution in [0.5, 0.6) is 0 Å². The molecule has 0 fully saturated rings. The molecular weight excluding hydrogens is 415 g/mol. The van der Waals surface area contributed by atoms with Gasteiger partial charge in [0.2, 0.25) is 11.1 Å². The molecule has 0 saturated carbocycles. The van der Waals surface area contributed by atoms with Crippen LogP contribution in [0.2, 0.25) is 5.02 Å². The van der Waals surface area contributed by atoms with Crippen molar-refractivity contribution in [3.63, 3.8) is 0 Å². The molecule has 0 spiro atoms. The smallest absolute Gasteiger partial charge is 0.325 e. The number of nitrogens with zero attached hydrogens (tertiary/aromatic N) is 4. The Hall–Kier alpha value is -2.59. The molecule has 1 heterocycles. The summed E-state index contributed by atoms with van der Waals surface area (Å²) in [4.78, 5) is 12.9. The summed E-state index contributed by atoms with van der Waals surface area (Å²) in [7, 11) is 1.62.